The summed E-state index contributed by atoms with van der Waals surface area (Å²) < 4.78 is 66.2. The van der Waals surface area contributed by atoms with Gasteiger partial charge >= 0.3 is 12.2 Å². The number of anilines is 2. The fraction of sp³-hybridized carbons (Fsp3) is 0.509. The molecule has 8 rings (SSSR count). The van der Waals surface area contributed by atoms with Crippen LogP contribution < -0.4 is 31.3 Å². The van der Waals surface area contributed by atoms with Crippen LogP contribution in [0.3, 0.4) is 0 Å². The second-order valence-corrected chi connectivity index (χ2v) is 22.7. The van der Waals surface area contributed by atoms with E-state index in [-0.39, 0.29) is 41.4 Å². The number of nitrogens with one attached hydrogen (secondary N) is 5. The molecule has 2 aliphatic rings. The standard InChI is InChI=1S/C57H72F3N13O7S2/c1-4-52(74)68-49-11-9-39(27-51(49)80-35-43-34-72(70-69-43)20-22-78-24-26-79-25-23-77-21-16-63-53(75)8-6-5-7-45-28-42(36-81-45)67-56(76)62-3)13-19-73-44(32-61)29-47-38(2)40(10-12-50(47)73)33-71-17-14-41(15-18-71)66-54-48-30-46(31-57(58,59)60)82-55(48)65-37-64-54/h4,9-12,27,29-30,34,37,41-42,45H,1,5-8,13-26,28,31,33,35-36H2,2-3H3,(H,63,75)(H,68,74)(H2,62,67,76)(H,64,65,66)/t42-,45+/m0/s1. The highest BCUT2D eigenvalue weighted by Crippen LogP contribution is 2.35. The molecule has 0 spiro atoms. The third kappa shape index (κ3) is 18.3. The Morgan fingerprint density at radius 3 is 2.51 bits per heavy atom. The van der Waals surface area contributed by atoms with Gasteiger partial charge in [-0.25, -0.2) is 19.4 Å². The normalized spacial score (nSPS) is 15.9. The summed E-state index contributed by atoms with van der Waals surface area (Å²) in [5.74, 6) is 1.57. The number of fused-ring (bicyclic) bond motifs is 2. The van der Waals surface area contributed by atoms with E-state index >= 15 is 0 Å². The topological polar surface area (TPSA) is 237 Å². The zero-order chi connectivity index (χ0) is 57.8. The number of benzene rings is 2. The van der Waals surface area contributed by atoms with Crippen LogP contribution in [0.2, 0.25) is 0 Å². The molecular formula is C57H72F3N13O7S2. The van der Waals surface area contributed by atoms with Gasteiger partial charge in [-0.05, 0) is 98.5 Å². The van der Waals surface area contributed by atoms with Crippen LogP contribution in [-0.4, -0.2) is 148 Å². The molecule has 2 aromatic carbocycles. The first-order valence-electron chi connectivity index (χ1n) is 27.7. The molecule has 0 aliphatic carbocycles. The number of nitrogens with zero attached hydrogens (tertiary/aromatic N) is 8. The Kier molecular flexibility index (Phi) is 22.8. The van der Waals surface area contributed by atoms with Crippen molar-refractivity contribution in [2.24, 2.45) is 0 Å². The Morgan fingerprint density at radius 2 is 1.74 bits per heavy atom. The second kappa shape index (κ2) is 30.5. The van der Waals surface area contributed by atoms with Crippen LogP contribution in [-0.2, 0) is 62.9 Å². The van der Waals surface area contributed by atoms with E-state index in [9.17, 15) is 32.8 Å². The molecule has 4 amide bonds. The number of urea groups is 1. The van der Waals surface area contributed by atoms with E-state index in [0.717, 1.165) is 97.3 Å². The summed E-state index contributed by atoms with van der Waals surface area (Å²) in [6.45, 7) is 12.0. The van der Waals surface area contributed by atoms with E-state index in [1.807, 2.05) is 34.5 Å². The van der Waals surface area contributed by atoms with Crippen LogP contribution in [0.1, 0.15) is 77.9 Å². The van der Waals surface area contributed by atoms with Crippen molar-refractivity contribution in [3.05, 3.63) is 101 Å². The highest BCUT2D eigenvalue weighted by Gasteiger charge is 2.30. The number of unbranched alkanes of at least 4 members (excludes halogenated alkanes) is 1. The molecule has 440 valence electrons. The third-order valence-corrected chi connectivity index (χ3v) is 16.9. The zero-order valence-electron chi connectivity index (χ0n) is 46.4. The number of nitriles is 1. The number of amides is 4. The minimum atomic E-state index is -4.29. The number of carbonyl (C=O) groups is 3. The van der Waals surface area contributed by atoms with Gasteiger partial charge in [-0.3, -0.25) is 14.5 Å². The molecule has 25 heteroatoms. The summed E-state index contributed by atoms with van der Waals surface area (Å²) in [6, 6.07) is 15.9. The van der Waals surface area contributed by atoms with Gasteiger partial charge in [0.25, 0.3) is 0 Å². The van der Waals surface area contributed by atoms with Gasteiger partial charge in [-0.15, -0.1) is 16.4 Å². The number of rotatable bonds is 31. The summed E-state index contributed by atoms with van der Waals surface area (Å²) in [5.41, 5.74) is 5.77. The number of thiophene rings is 1. The Hall–Kier alpha value is -6.82. The van der Waals surface area contributed by atoms with Gasteiger partial charge in [0.15, 0.2) is 0 Å². The summed E-state index contributed by atoms with van der Waals surface area (Å²) in [7, 11) is 1.62. The van der Waals surface area contributed by atoms with Gasteiger partial charge in [-0.1, -0.05) is 30.3 Å². The SMILES string of the molecule is C=CC(=O)Nc1ccc(CCn2c(C#N)cc3c(C)c(CN4CCC(Nc5ncnc6sc(CC(F)(F)F)cc56)CC4)ccc32)cc1OCc1cn(CCOCCOCCOCCNC(=O)CCCC[C@@H]2C[C@H](NC(=O)NC)CS2)nn1. The molecule has 20 nitrogen and oxygen atoms in total. The number of hydrogen-bond donors (Lipinski definition) is 5. The number of alkyl halides is 3. The highest BCUT2D eigenvalue weighted by molar-refractivity contribution is 8.00. The van der Waals surface area contributed by atoms with E-state index in [0.29, 0.717) is 116 Å². The number of thioether (sulfide) groups is 1. The molecule has 2 saturated heterocycles. The average molecular weight is 1170 g/mol. The van der Waals surface area contributed by atoms with E-state index in [1.54, 1.807) is 30.1 Å². The van der Waals surface area contributed by atoms with E-state index < -0.39 is 12.6 Å². The summed E-state index contributed by atoms with van der Waals surface area (Å²) in [6.07, 6.45) is 5.63. The van der Waals surface area contributed by atoms with Crippen molar-refractivity contribution in [1.82, 2.24) is 50.4 Å². The fourth-order valence-electron chi connectivity index (χ4n) is 10.0. The fourth-order valence-corrected chi connectivity index (χ4v) is 12.5. The number of ether oxygens (including phenoxy) is 4. The maximum absolute atomic E-state index is 13.1. The molecule has 0 radical (unpaired) electrons. The Bertz CT molecular complexity index is 3140. The summed E-state index contributed by atoms with van der Waals surface area (Å²) in [5, 5.41) is 35.7. The lowest BCUT2D eigenvalue weighted by Crippen LogP contribution is -2.40. The predicted octanol–water partition coefficient (Wildman–Crippen LogP) is 8.07. The number of piperidine rings is 1. The molecule has 0 bridgehead atoms. The Balaban J connectivity index is 0.721. The number of hydrogen-bond acceptors (Lipinski definition) is 16. The van der Waals surface area contributed by atoms with Crippen LogP contribution in [0.4, 0.5) is 29.5 Å². The van der Waals surface area contributed by atoms with Crippen molar-refractivity contribution in [2.75, 3.05) is 82.7 Å². The minimum absolute atomic E-state index is 0.0225. The molecule has 4 aromatic heterocycles. The number of aryl methyl sites for hydroxylation is 3. The molecule has 2 fully saturated rings. The molecular weight excluding hydrogens is 1100 g/mol. The van der Waals surface area contributed by atoms with Crippen molar-refractivity contribution in [3.63, 3.8) is 0 Å². The van der Waals surface area contributed by atoms with Gasteiger partial charge < -0.3 is 50.1 Å². The van der Waals surface area contributed by atoms with Crippen molar-refractivity contribution in [2.45, 2.75) is 114 Å². The first-order valence-corrected chi connectivity index (χ1v) is 29.6. The summed E-state index contributed by atoms with van der Waals surface area (Å²) in [4.78, 5) is 47.9. The van der Waals surface area contributed by atoms with Crippen LogP contribution in [0.5, 0.6) is 5.75 Å². The minimum Gasteiger partial charge on any atom is -0.485 e. The highest BCUT2D eigenvalue weighted by atomic mass is 32.2. The number of likely N-dealkylation sites (tertiary alicyclic amines) is 1. The van der Waals surface area contributed by atoms with Crippen LogP contribution in [0, 0.1) is 18.3 Å². The van der Waals surface area contributed by atoms with E-state index in [4.69, 9.17) is 18.9 Å². The lowest BCUT2D eigenvalue weighted by Gasteiger charge is -2.33. The van der Waals surface area contributed by atoms with Gasteiger partial charge in [-0.2, -0.15) is 30.2 Å². The van der Waals surface area contributed by atoms with E-state index in [1.165, 1.54) is 18.0 Å². The average Bonchev–Trinajstić information content (AvgIpc) is 4.34. The van der Waals surface area contributed by atoms with E-state index in [2.05, 4.69) is 83.5 Å². The van der Waals surface area contributed by atoms with Crippen molar-refractivity contribution in [1.29, 1.82) is 5.26 Å². The van der Waals surface area contributed by atoms with Crippen LogP contribution >= 0.6 is 23.1 Å². The van der Waals surface area contributed by atoms with Crippen molar-refractivity contribution >= 4 is 73.6 Å². The van der Waals surface area contributed by atoms with Crippen LogP contribution in [0.15, 0.2) is 67.6 Å². The van der Waals surface area contributed by atoms with Crippen LogP contribution in [0.25, 0.3) is 21.1 Å². The summed E-state index contributed by atoms with van der Waals surface area (Å²) >= 11 is 2.93. The molecule has 2 atom stereocenters. The smallest absolute Gasteiger partial charge is 0.393 e. The van der Waals surface area contributed by atoms with Gasteiger partial charge in [0.1, 0.15) is 46.8 Å². The molecule has 0 saturated carbocycles. The molecule has 2 aliphatic heterocycles. The molecule has 5 N–H and O–H groups in total. The Labute approximate surface area is 483 Å². The number of carbonyl (C=O) groups excluding carboxylic acids is 3. The number of halogens is 3. The lowest BCUT2D eigenvalue weighted by atomic mass is 10.0. The van der Waals surface area contributed by atoms with Gasteiger partial charge in [0.05, 0.1) is 69.9 Å². The van der Waals surface area contributed by atoms with Crippen molar-refractivity contribution in [3.8, 4) is 11.8 Å². The maximum Gasteiger partial charge on any atom is 0.393 e. The predicted molar refractivity (Wildman–Crippen MR) is 310 cm³/mol. The quantitative estimate of drug-likeness (QED) is 0.0204. The van der Waals surface area contributed by atoms with Gasteiger partial charge in [0.2, 0.25) is 11.8 Å². The largest absolute Gasteiger partial charge is 0.485 e. The first-order chi connectivity index (χ1) is 39.7. The monoisotopic (exact) mass is 1170 g/mol. The second-order valence-electron chi connectivity index (χ2n) is 20.3. The molecule has 0 unspecified atom stereocenters. The van der Waals surface area contributed by atoms with Gasteiger partial charge in [0, 0.05) is 85.1 Å². The molecule has 6 heterocycles. The third-order valence-electron chi connectivity index (χ3n) is 14.3. The Morgan fingerprint density at radius 1 is 0.951 bits per heavy atom. The maximum atomic E-state index is 13.1. The van der Waals surface area contributed by atoms with Crippen molar-refractivity contribution < 1.29 is 46.5 Å². The molecule has 6 aromatic rings. The molecule has 82 heavy (non-hydrogen) atoms. The zero-order valence-corrected chi connectivity index (χ0v) is 48.0. The lowest BCUT2D eigenvalue weighted by molar-refractivity contribution is -0.126. The number of aromatic nitrogens is 6. The first kappa shape index (κ1) is 61.3.